The van der Waals surface area contributed by atoms with Crippen LogP contribution >= 0.6 is 0 Å². The highest BCUT2D eigenvalue weighted by atomic mass is 19.4. The summed E-state index contributed by atoms with van der Waals surface area (Å²) >= 11 is 0. The van der Waals surface area contributed by atoms with Crippen molar-refractivity contribution in [3.63, 3.8) is 0 Å². The van der Waals surface area contributed by atoms with Gasteiger partial charge in [0.25, 0.3) is 0 Å². The molecule has 2 aromatic rings. The highest BCUT2D eigenvalue weighted by Gasteiger charge is 2.30. The normalized spacial score (nSPS) is 12.2. The van der Waals surface area contributed by atoms with Crippen molar-refractivity contribution in [1.29, 1.82) is 0 Å². The molecule has 2 N–H and O–H groups in total. The summed E-state index contributed by atoms with van der Waals surface area (Å²) in [4.78, 5) is 12.3. The second-order valence-corrected chi connectivity index (χ2v) is 5.50. The molecular weight excluding hydrogens is 349 g/mol. The number of hydrogen-bond donors (Lipinski definition) is 2. The monoisotopic (exact) mass is 368 g/mol. The van der Waals surface area contributed by atoms with Gasteiger partial charge < -0.3 is 20.1 Å². The molecular formula is C18H19F3N2O3. The number of halogens is 3. The van der Waals surface area contributed by atoms with Crippen LogP contribution in [0.25, 0.3) is 0 Å². The SMILES string of the molecule is COc1ccc(NC(C)C(=O)Nc2ccc(C(F)(F)F)cc2)c(OC)c1. The van der Waals surface area contributed by atoms with E-state index in [4.69, 9.17) is 9.47 Å². The fourth-order valence-electron chi connectivity index (χ4n) is 2.21. The Hall–Kier alpha value is -2.90. The third-order valence-corrected chi connectivity index (χ3v) is 3.65. The van der Waals surface area contributed by atoms with E-state index in [0.717, 1.165) is 12.1 Å². The molecule has 0 spiro atoms. The molecule has 2 aromatic carbocycles. The number of nitrogens with one attached hydrogen (secondary N) is 2. The third-order valence-electron chi connectivity index (χ3n) is 3.65. The molecule has 0 fully saturated rings. The maximum atomic E-state index is 12.6. The average Bonchev–Trinajstić information content (AvgIpc) is 2.61. The largest absolute Gasteiger partial charge is 0.497 e. The van der Waals surface area contributed by atoms with Crippen LogP contribution in [0.3, 0.4) is 0 Å². The number of anilines is 2. The molecule has 0 heterocycles. The van der Waals surface area contributed by atoms with Gasteiger partial charge in [-0.1, -0.05) is 0 Å². The van der Waals surface area contributed by atoms with Gasteiger partial charge in [-0.2, -0.15) is 13.2 Å². The number of amides is 1. The van der Waals surface area contributed by atoms with Gasteiger partial charge in [-0.15, -0.1) is 0 Å². The molecule has 8 heteroatoms. The molecule has 0 saturated carbocycles. The van der Waals surface area contributed by atoms with Crippen molar-refractivity contribution in [2.45, 2.75) is 19.1 Å². The molecule has 0 radical (unpaired) electrons. The lowest BCUT2D eigenvalue weighted by Crippen LogP contribution is -2.32. The molecule has 1 unspecified atom stereocenters. The Balaban J connectivity index is 2.04. The zero-order valence-corrected chi connectivity index (χ0v) is 14.5. The number of benzene rings is 2. The summed E-state index contributed by atoms with van der Waals surface area (Å²) in [6.07, 6.45) is -4.41. The molecule has 0 aromatic heterocycles. The topological polar surface area (TPSA) is 59.6 Å². The Kier molecular flexibility index (Phi) is 5.97. The maximum Gasteiger partial charge on any atom is 0.416 e. The fraction of sp³-hybridized carbons (Fsp3) is 0.278. The van der Waals surface area contributed by atoms with Gasteiger partial charge in [0.05, 0.1) is 25.5 Å². The van der Waals surface area contributed by atoms with E-state index in [1.807, 2.05) is 0 Å². The van der Waals surface area contributed by atoms with Crippen molar-refractivity contribution in [1.82, 2.24) is 0 Å². The van der Waals surface area contributed by atoms with Crippen molar-refractivity contribution in [2.75, 3.05) is 24.9 Å². The first-order valence-corrected chi connectivity index (χ1v) is 7.71. The smallest absolute Gasteiger partial charge is 0.416 e. The van der Waals surface area contributed by atoms with E-state index in [1.54, 1.807) is 25.1 Å². The van der Waals surface area contributed by atoms with E-state index < -0.39 is 23.7 Å². The van der Waals surface area contributed by atoms with Crippen molar-refractivity contribution in [3.05, 3.63) is 48.0 Å². The highest BCUT2D eigenvalue weighted by Crippen LogP contribution is 2.31. The van der Waals surface area contributed by atoms with Gasteiger partial charge in [-0.05, 0) is 43.3 Å². The number of carbonyl (C=O) groups excluding carboxylic acids is 1. The molecule has 0 aliphatic heterocycles. The van der Waals surface area contributed by atoms with Crippen molar-refractivity contribution >= 4 is 17.3 Å². The van der Waals surface area contributed by atoms with Gasteiger partial charge in [-0.3, -0.25) is 4.79 Å². The minimum atomic E-state index is -4.41. The first-order valence-electron chi connectivity index (χ1n) is 7.71. The lowest BCUT2D eigenvalue weighted by atomic mass is 10.2. The molecule has 1 amide bonds. The van der Waals surface area contributed by atoms with Crippen LogP contribution in [-0.4, -0.2) is 26.2 Å². The predicted octanol–water partition coefficient (Wildman–Crippen LogP) is 4.16. The van der Waals surface area contributed by atoms with Gasteiger partial charge in [0.1, 0.15) is 17.5 Å². The van der Waals surface area contributed by atoms with Crippen LogP contribution in [0.2, 0.25) is 0 Å². The van der Waals surface area contributed by atoms with Gasteiger partial charge in [0.15, 0.2) is 0 Å². The summed E-state index contributed by atoms with van der Waals surface area (Å²) in [5, 5.41) is 5.56. The van der Waals surface area contributed by atoms with Gasteiger partial charge in [-0.25, -0.2) is 0 Å². The second-order valence-electron chi connectivity index (χ2n) is 5.50. The molecule has 0 bridgehead atoms. The van der Waals surface area contributed by atoms with Crippen LogP contribution in [-0.2, 0) is 11.0 Å². The minimum Gasteiger partial charge on any atom is -0.497 e. The van der Waals surface area contributed by atoms with Gasteiger partial charge in [0, 0.05) is 11.8 Å². The van der Waals surface area contributed by atoms with Crippen molar-refractivity contribution in [3.8, 4) is 11.5 Å². The van der Waals surface area contributed by atoms with Crippen LogP contribution in [0.4, 0.5) is 24.5 Å². The quantitative estimate of drug-likeness (QED) is 0.804. The Morgan fingerprint density at radius 1 is 1.04 bits per heavy atom. The first kappa shape index (κ1) is 19.4. The Morgan fingerprint density at radius 2 is 1.69 bits per heavy atom. The first-order chi connectivity index (χ1) is 12.2. The highest BCUT2D eigenvalue weighted by molar-refractivity contribution is 5.96. The summed E-state index contributed by atoms with van der Waals surface area (Å²) in [5.41, 5.74) is 0.0892. The van der Waals surface area contributed by atoms with E-state index in [-0.39, 0.29) is 5.69 Å². The summed E-state index contributed by atoms with van der Waals surface area (Å²) in [6, 6.07) is 8.69. The number of methoxy groups -OCH3 is 2. The summed E-state index contributed by atoms with van der Waals surface area (Å²) in [7, 11) is 3.02. The molecule has 0 aliphatic rings. The Labute approximate surface area is 149 Å². The van der Waals surface area contributed by atoms with Crippen LogP contribution in [0, 0.1) is 0 Å². The number of alkyl halides is 3. The van der Waals surface area contributed by atoms with Gasteiger partial charge in [0.2, 0.25) is 5.91 Å². The van der Waals surface area contributed by atoms with Gasteiger partial charge >= 0.3 is 6.18 Å². The zero-order chi connectivity index (χ0) is 19.3. The van der Waals surface area contributed by atoms with E-state index in [9.17, 15) is 18.0 Å². The summed E-state index contributed by atoms with van der Waals surface area (Å²) < 4.78 is 48.0. The standard InChI is InChI=1S/C18H19F3N2O3/c1-11(22-15-9-8-14(25-2)10-16(15)26-3)17(24)23-13-6-4-12(5-7-13)18(19,20)21/h4-11,22H,1-3H3,(H,23,24). The Bertz CT molecular complexity index is 761. The molecule has 2 rings (SSSR count). The predicted molar refractivity (Wildman–Crippen MR) is 92.7 cm³/mol. The zero-order valence-electron chi connectivity index (χ0n) is 14.5. The average molecular weight is 368 g/mol. The van der Waals surface area contributed by atoms with E-state index in [0.29, 0.717) is 17.2 Å². The number of carbonyl (C=O) groups is 1. The number of ether oxygens (including phenoxy) is 2. The van der Waals surface area contributed by atoms with Crippen LogP contribution in [0.1, 0.15) is 12.5 Å². The van der Waals surface area contributed by atoms with Crippen LogP contribution in [0.5, 0.6) is 11.5 Å². The molecule has 5 nitrogen and oxygen atoms in total. The number of hydrogen-bond acceptors (Lipinski definition) is 4. The third kappa shape index (κ3) is 4.81. The molecule has 0 saturated heterocycles. The second kappa shape index (κ2) is 7.99. The van der Waals surface area contributed by atoms with Crippen LogP contribution in [0.15, 0.2) is 42.5 Å². The number of rotatable bonds is 6. The lowest BCUT2D eigenvalue weighted by molar-refractivity contribution is -0.137. The summed E-state index contributed by atoms with van der Waals surface area (Å²) in [5.74, 6) is 0.704. The van der Waals surface area contributed by atoms with E-state index in [2.05, 4.69) is 10.6 Å². The van der Waals surface area contributed by atoms with Crippen molar-refractivity contribution in [2.24, 2.45) is 0 Å². The molecule has 1 atom stereocenters. The maximum absolute atomic E-state index is 12.6. The molecule has 26 heavy (non-hydrogen) atoms. The van der Waals surface area contributed by atoms with E-state index >= 15 is 0 Å². The Morgan fingerprint density at radius 3 is 2.23 bits per heavy atom. The van der Waals surface area contributed by atoms with E-state index in [1.165, 1.54) is 26.4 Å². The summed E-state index contributed by atoms with van der Waals surface area (Å²) in [6.45, 7) is 1.63. The molecule has 140 valence electrons. The minimum absolute atomic E-state index is 0.276. The molecule has 0 aliphatic carbocycles. The lowest BCUT2D eigenvalue weighted by Gasteiger charge is -2.18. The van der Waals surface area contributed by atoms with Crippen LogP contribution < -0.4 is 20.1 Å². The van der Waals surface area contributed by atoms with Crippen molar-refractivity contribution < 1.29 is 27.4 Å². The fourth-order valence-corrected chi connectivity index (χ4v) is 2.21.